The summed E-state index contributed by atoms with van der Waals surface area (Å²) in [5, 5.41) is -0.602. The molecule has 0 aromatic rings. The van der Waals surface area contributed by atoms with E-state index in [1.807, 2.05) is 0 Å². The molecule has 5 heteroatoms. The summed E-state index contributed by atoms with van der Waals surface area (Å²) in [4.78, 5) is 9.57. The van der Waals surface area contributed by atoms with Crippen LogP contribution in [0.5, 0.6) is 0 Å². The van der Waals surface area contributed by atoms with Gasteiger partial charge in [-0.15, -0.1) is 0 Å². The van der Waals surface area contributed by atoms with Gasteiger partial charge >= 0.3 is 0 Å². The number of carbonyl (C=O) groups is 1. The second-order valence-corrected chi connectivity index (χ2v) is 1.81. The van der Waals surface area contributed by atoms with Crippen LogP contribution in [-0.4, -0.2) is 19.0 Å². The normalized spacial score (nSPS) is 7.57. The zero-order valence-corrected chi connectivity index (χ0v) is 4.66. The summed E-state index contributed by atoms with van der Waals surface area (Å²) < 4.78 is 18.9. The van der Waals surface area contributed by atoms with Gasteiger partial charge in [0.25, 0.3) is 5.24 Å². The van der Waals surface area contributed by atoms with Crippen molar-refractivity contribution in [3.8, 4) is 0 Å². The molecule has 0 N–H and O–H groups in total. The number of hydrogen-bond donors (Lipinski definition) is 0. The van der Waals surface area contributed by atoms with Crippen LogP contribution in [0, 0.1) is 0 Å². The van der Waals surface area contributed by atoms with Crippen molar-refractivity contribution in [1.29, 1.82) is 0 Å². The van der Waals surface area contributed by atoms with Gasteiger partial charge < -0.3 is 0 Å². The SMILES string of the molecule is O=C(Cl)C=S(=O)=O. The standard InChI is InChI=1S/C2HClO3S/c3-2(4)1-7(5)6/h1H. The Labute approximate surface area is 46.4 Å². The first-order valence-electron chi connectivity index (χ1n) is 1.25. The molecule has 0 atom stereocenters. The number of hydrogen-bond acceptors (Lipinski definition) is 3. The molecule has 0 amide bonds. The lowest BCUT2D eigenvalue weighted by Crippen LogP contribution is -1.84. The Morgan fingerprint density at radius 3 is 2.00 bits per heavy atom. The molecule has 0 spiro atoms. The van der Waals surface area contributed by atoms with Gasteiger partial charge in [-0.05, 0) is 11.6 Å². The molecule has 0 aliphatic carbocycles. The van der Waals surface area contributed by atoms with Gasteiger partial charge in [-0.2, -0.15) is 8.42 Å². The first-order chi connectivity index (χ1) is 3.13. The highest BCUT2D eigenvalue weighted by Crippen LogP contribution is 1.67. The van der Waals surface area contributed by atoms with Crippen molar-refractivity contribution in [3.63, 3.8) is 0 Å². The predicted octanol–water partition coefficient (Wildman–Crippen LogP) is -0.567. The molecule has 0 bridgehead atoms. The molecular weight excluding hydrogens is 140 g/mol. The average Bonchev–Trinajstić information content (AvgIpc) is 1.27. The lowest BCUT2D eigenvalue weighted by molar-refractivity contribution is -0.105. The van der Waals surface area contributed by atoms with Gasteiger partial charge in [0.2, 0.25) is 10.3 Å². The van der Waals surface area contributed by atoms with Crippen LogP contribution in [0.2, 0.25) is 0 Å². The van der Waals surface area contributed by atoms with Crippen LogP contribution in [-0.2, 0) is 15.1 Å². The molecule has 3 nitrogen and oxygen atoms in total. The summed E-state index contributed by atoms with van der Waals surface area (Å²) >= 11 is 4.59. The van der Waals surface area contributed by atoms with Gasteiger partial charge in [0.1, 0.15) is 5.37 Å². The van der Waals surface area contributed by atoms with Gasteiger partial charge in [0.15, 0.2) is 0 Å². The van der Waals surface area contributed by atoms with Crippen molar-refractivity contribution in [2.45, 2.75) is 0 Å². The van der Waals surface area contributed by atoms with E-state index in [-0.39, 0.29) is 0 Å². The topological polar surface area (TPSA) is 51.2 Å². The number of halogens is 1. The van der Waals surface area contributed by atoms with Crippen LogP contribution in [0.15, 0.2) is 0 Å². The van der Waals surface area contributed by atoms with Crippen LogP contribution < -0.4 is 0 Å². The maximum absolute atomic E-state index is 9.57. The molecule has 7 heavy (non-hydrogen) atoms. The van der Waals surface area contributed by atoms with E-state index in [2.05, 4.69) is 11.6 Å². The molecular formula is C2HClO3S. The average molecular weight is 141 g/mol. The monoisotopic (exact) mass is 140 g/mol. The third-order valence-electron chi connectivity index (χ3n) is 0.189. The second-order valence-electron chi connectivity index (χ2n) is 0.682. The van der Waals surface area contributed by atoms with Crippen LogP contribution in [0.4, 0.5) is 0 Å². The highest BCUT2D eigenvalue weighted by atomic mass is 35.5. The quantitative estimate of drug-likeness (QED) is 0.362. The summed E-state index contributed by atoms with van der Waals surface area (Å²) in [6, 6.07) is 0. The van der Waals surface area contributed by atoms with E-state index in [0.29, 0.717) is 5.37 Å². The van der Waals surface area contributed by atoms with Gasteiger partial charge in [-0.1, -0.05) is 0 Å². The van der Waals surface area contributed by atoms with E-state index < -0.39 is 15.5 Å². The summed E-state index contributed by atoms with van der Waals surface area (Å²) in [6.07, 6.45) is 0. The van der Waals surface area contributed by atoms with Crippen molar-refractivity contribution < 1.29 is 13.2 Å². The molecule has 0 aliphatic rings. The van der Waals surface area contributed by atoms with Crippen molar-refractivity contribution in [3.05, 3.63) is 0 Å². The van der Waals surface area contributed by atoms with Crippen LogP contribution in [0.1, 0.15) is 0 Å². The summed E-state index contributed by atoms with van der Waals surface area (Å²) in [7, 11) is -2.45. The molecule has 40 valence electrons. The third-order valence-corrected chi connectivity index (χ3v) is 0.834. The smallest absolute Gasteiger partial charge is 0.260 e. The summed E-state index contributed by atoms with van der Waals surface area (Å²) in [5.74, 6) is 0. The van der Waals surface area contributed by atoms with Gasteiger partial charge in [-0.3, -0.25) is 4.79 Å². The maximum Gasteiger partial charge on any atom is 0.260 e. The molecule has 0 unspecified atom stereocenters. The van der Waals surface area contributed by atoms with E-state index >= 15 is 0 Å². The second kappa shape index (κ2) is 2.76. The molecule has 0 heterocycles. The Balaban J connectivity index is 4.26. The fourth-order valence-corrected chi connectivity index (χ4v) is 0.445. The Morgan fingerprint density at radius 2 is 2.00 bits per heavy atom. The van der Waals surface area contributed by atoms with Gasteiger partial charge in [0, 0.05) is 0 Å². The maximum atomic E-state index is 9.57. The van der Waals surface area contributed by atoms with E-state index in [1.54, 1.807) is 0 Å². The van der Waals surface area contributed by atoms with E-state index in [4.69, 9.17) is 0 Å². The molecule has 0 aromatic carbocycles. The Kier molecular flexibility index (Phi) is 2.62. The van der Waals surface area contributed by atoms with Crippen LogP contribution >= 0.6 is 11.6 Å². The van der Waals surface area contributed by atoms with Gasteiger partial charge in [0.05, 0.1) is 0 Å². The molecule has 0 saturated heterocycles. The lowest BCUT2D eigenvalue weighted by Gasteiger charge is -1.58. The lowest BCUT2D eigenvalue weighted by atomic mass is 10.9. The highest BCUT2D eigenvalue weighted by Gasteiger charge is 1.83. The molecule has 0 radical (unpaired) electrons. The van der Waals surface area contributed by atoms with Gasteiger partial charge in [-0.25, -0.2) is 0 Å². The highest BCUT2D eigenvalue weighted by molar-refractivity contribution is 7.73. The number of rotatable bonds is 1. The Bertz CT molecular complexity index is 181. The predicted molar refractivity (Wildman–Crippen MR) is 25.8 cm³/mol. The van der Waals surface area contributed by atoms with E-state index in [9.17, 15) is 13.2 Å². The summed E-state index contributed by atoms with van der Waals surface area (Å²) in [5.41, 5.74) is 0. The number of carbonyl (C=O) groups excluding carboxylic acids is 1. The van der Waals surface area contributed by atoms with Crippen molar-refractivity contribution in [2.24, 2.45) is 0 Å². The Hall–Kier alpha value is -0.350. The van der Waals surface area contributed by atoms with Crippen molar-refractivity contribution >= 4 is 32.5 Å². The molecule has 0 aromatic heterocycles. The van der Waals surface area contributed by atoms with Crippen LogP contribution in [0.3, 0.4) is 0 Å². The van der Waals surface area contributed by atoms with E-state index in [1.165, 1.54) is 0 Å². The largest absolute Gasteiger partial charge is 0.275 e. The Morgan fingerprint density at radius 1 is 1.57 bits per heavy atom. The fourth-order valence-electron chi connectivity index (χ4n) is 0.0757. The minimum Gasteiger partial charge on any atom is -0.275 e. The zero-order valence-electron chi connectivity index (χ0n) is 3.09. The summed E-state index contributed by atoms with van der Waals surface area (Å²) in [6.45, 7) is 0. The minimum atomic E-state index is -2.45. The minimum absolute atomic E-state index is 0.377. The third kappa shape index (κ3) is 5.65. The van der Waals surface area contributed by atoms with Crippen LogP contribution in [0.25, 0.3) is 0 Å². The zero-order chi connectivity index (χ0) is 5.86. The fraction of sp³-hybridized carbons (Fsp3) is 0. The van der Waals surface area contributed by atoms with E-state index in [0.717, 1.165) is 0 Å². The first-order valence-corrected chi connectivity index (χ1v) is 2.77. The first kappa shape index (κ1) is 6.65. The molecule has 0 saturated carbocycles. The molecule has 0 fully saturated rings. The van der Waals surface area contributed by atoms with Crippen molar-refractivity contribution in [2.75, 3.05) is 0 Å². The van der Waals surface area contributed by atoms with Crippen molar-refractivity contribution in [1.82, 2.24) is 0 Å². The molecule has 0 rings (SSSR count). The molecule has 0 aliphatic heterocycles.